The number of para-hydroxylation sites is 2. The number of aromatic nitrogens is 1. The van der Waals surface area contributed by atoms with Crippen LogP contribution in [0.2, 0.25) is 0 Å². The van der Waals surface area contributed by atoms with E-state index in [1.165, 1.54) is 55.2 Å². The maximum atomic E-state index is 2.41. The number of benzene rings is 8. The minimum absolute atomic E-state index is 1.10. The van der Waals surface area contributed by atoms with Crippen molar-refractivity contribution in [1.82, 2.24) is 4.57 Å². The lowest BCUT2D eigenvalue weighted by Crippen LogP contribution is -2.11. The molecule has 0 saturated carbocycles. The lowest BCUT2D eigenvalue weighted by atomic mass is 9.98. The SMILES string of the molecule is c1ccc(-c2ccc(N(c3ccc4c(c3)c3c(-c5ccccc5)cccc3n4-c3ccccc3)c3ccccc3-c3ccccc3)cc2)cc1. The second-order valence-corrected chi connectivity index (χ2v) is 12.6. The lowest BCUT2D eigenvalue weighted by molar-refractivity contribution is 1.18. The zero-order valence-corrected chi connectivity index (χ0v) is 27.5. The molecule has 0 bridgehead atoms. The Hall–Kier alpha value is -6.64. The average molecular weight is 639 g/mol. The molecular formula is C48H34N2. The summed E-state index contributed by atoms with van der Waals surface area (Å²) >= 11 is 0. The molecular weight excluding hydrogens is 605 g/mol. The van der Waals surface area contributed by atoms with Gasteiger partial charge in [-0.15, -0.1) is 0 Å². The van der Waals surface area contributed by atoms with Gasteiger partial charge in [-0.2, -0.15) is 0 Å². The van der Waals surface area contributed by atoms with Crippen molar-refractivity contribution >= 4 is 38.9 Å². The number of rotatable bonds is 7. The molecule has 0 amide bonds. The molecule has 0 saturated heterocycles. The normalized spacial score (nSPS) is 11.2. The minimum atomic E-state index is 1.10. The molecule has 0 aliphatic carbocycles. The zero-order chi connectivity index (χ0) is 33.3. The fourth-order valence-corrected chi connectivity index (χ4v) is 7.30. The number of anilines is 3. The van der Waals surface area contributed by atoms with E-state index < -0.39 is 0 Å². The van der Waals surface area contributed by atoms with E-state index in [2.05, 4.69) is 216 Å². The Bertz CT molecular complexity index is 2550. The minimum Gasteiger partial charge on any atom is -0.310 e. The third-order valence-electron chi connectivity index (χ3n) is 9.59. The molecule has 50 heavy (non-hydrogen) atoms. The Balaban J connectivity index is 1.31. The van der Waals surface area contributed by atoms with Gasteiger partial charge in [-0.05, 0) is 82.4 Å². The largest absolute Gasteiger partial charge is 0.310 e. The first-order valence-corrected chi connectivity index (χ1v) is 17.1. The smallest absolute Gasteiger partial charge is 0.0547 e. The van der Waals surface area contributed by atoms with E-state index >= 15 is 0 Å². The van der Waals surface area contributed by atoms with Gasteiger partial charge in [0, 0.05) is 33.4 Å². The van der Waals surface area contributed by atoms with Gasteiger partial charge in [0.2, 0.25) is 0 Å². The lowest BCUT2D eigenvalue weighted by Gasteiger charge is -2.28. The van der Waals surface area contributed by atoms with E-state index in [-0.39, 0.29) is 0 Å². The molecule has 0 atom stereocenters. The molecule has 1 aromatic heterocycles. The van der Waals surface area contributed by atoms with Crippen LogP contribution in [-0.4, -0.2) is 4.57 Å². The quantitative estimate of drug-likeness (QED) is 0.169. The summed E-state index contributed by atoms with van der Waals surface area (Å²) in [6, 6.07) is 74.0. The molecule has 2 nitrogen and oxygen atoms in total. The molecule has 9 aromatic rings. The van der Waals surface area contributed by atoms with E-state index in [1.807, 2.05) is 0 Å². The first kappa shape index (κ1) is 29.5. The summed E-state index contributed by atoms with van der Waals surface area (Å²) in [5.41, 5.74) is 14.0. The zero-order valence-electron chi connectivity index (χ0n) is 27.5. The monoisotopic (exact) mass is 638 g/mol. The van der Waals surface area contributed by atoms with E-state index in [9.17, 15) is 0 Å². The molecule has 0 N–H and O–H groups in total. The van der Waals surface area contributed by atoms with Crippen molar-refractivity contribution in [1.29, 1.82) is 0 Å². The van der Waals surface area contributed by atoms with Crippen molar-refractivity contribution in [2.24, 2.45) is 0 Å². The highest BCUT2D eigenvalue weighted by Gasteiger charge is 2.21. The molecule has 0 fully saturated rings. The van der Waals surface area contributed by atoms with Gasteiger partial charge in [0.05, 0.1) is 16.7 Å². The van der Waals surface area contributed by atoms with Crippen LogP contribution in [0.1, 0.15) is 0 Å². The molecule has 0 aliphatic rings. The summed E-state index contributed by atoms with van der Waals surface area (Å²) in [4.78, 5) is 2.41. The molecule has 0 spiro atoms. The summed E-state index contributed by atoms with van der Waals surface area (Å²) in [6.07, 6.45) is 0. The molecule has 9 rings (SSSR count). The van der Waals surface area contributed by atoms with Crippen LogP contribution in [0, 0.1) is 0 Å². The predicted molar refractivity (Wildman–Crippen MR) is 212 cm³/mol. The molecule has 1 heterocycles. The van der Waals surface area contributed by atoms with Crippen molar-refractivity contribution in [2.75, 3.05) is 4.90 Å². The predicted octanol–water partition coefficient (Wildman–Crippen LogP) is 13.3. The molecule has 0 radical (unpaired) electrons. The number of hydrogen-bond donors (Lipinski definition) is 0. The van der Waals surface area contributed by atoms with Crippen LogP contribution < -0.4 is 4.90 Å². The van der Waals surface area contributed by atoms with Gasteiger partial charge in [-0.1, -0.05) is 152 Å². The maximum absolute atomic E-state index is 2.41. The average Bonchev–Trinajstić information content (AvgIpc) is 3.54. The summed E-state index contributed by atoms with van der Waals surface area (Å²) < 4.78 is 2.40. The molecule has 8 aromatic carbocycles. The number of nitrogens with zero attached hydrogens (tertiary/aromatic N) is 2. The highest BCUT2D eigenvalue weighted by atomic mass is 15.1. The Kier molecular flexibility index (Phi) is 7.53. The summed E-state index contributed by atoms with van der Waals surface area (Å²) in [5, 5.41) is 2.46. The Labute approximate surface area is 292 Å². The third kappa shape index (κ3) is 5.24. The van der Waals surface area contributed by atoms with Gasteiger partial charge in [-0.25, -0.2) is 0 Å². The number of fused-ring (bicyclic) bond motifs is 3. The van der Waals surface area contributed by atoms with Crippen molar-refractivity contribution in [2.45, 2.75) is 0 Å². The molecule has 236 valence electrons. The summed E-state index contributed by atoms with van der Waals surface area (Å²) in [5.74, 6) is 0. The van der Waals surface area contributed by atoms with Gasteiger partial charge in [0.25, 0.3) is 0 Å². The highest BCUT2D eigenvalue weighted by Crippen LogP contribution is 2.45. The Morgan fingerprint density at radius 1 is 0.340 bits per heavy atom. The second kappa shape index (κ2) is 12.8. The van der Waals surface area contributed by atoms with Crippen molar-refractivity contribution in [3.8, 4) is 39.1 Å². The van der Waals surface area contributed by atoms with Gasteiger partial charge in [0.1, 0.15) is 0 Å². The van der Waals surface area contributed by atoms with Crippen LogP contribution in [-0.2, 0) is 0 Å². The van der Waals surface area contributed by atoms with E-state index in [1.54, 1.807) is 0 Å². The van der Waals surface area contributed by atoms with Crippen LogP contribution in [0.3, 0.4) is 0 Å². The molecule has 0 aliphatic heterocycles. The summed E-state index contributed by atoms with van der Waals surface area (Å²) in [6.45, 7) is 0. The molecule has 0 unspecified atom stereocenters. The van der Waals surface area contributed by atoms with Gasteiger partial charge < -0.3 is 9.47 Å². The van der Waals surface area contributed by atoms with Crippen LogP contribution in [0.4, 0.5) is 17.1 Å². The van der Waals surface area contributed by atoms with E-state index in [0.717, 1.165) is 22.7 Å². The standard InChI is InChI=1S/C48H34N2/c1-5-16-35(17-6-1)36-28-30-40(31-29-36)49(45-26-14-13-24-42(45)37-18-7-2-8-19-37)41-32-33-46-44(34-41)48-43(38-20-9-3-10-21-38)25-15-27-47(48)50(46)39-22-11-4-12-23-39/h1-34H. The van der Waals surface area contributed by atoms with E-state index in [4.69, 9.17) is 0 Å². The highest BCUT2D eigenvalue weighted by molar-refractivity contribution is 6.16. The Morgan fingerprint density at radius 2 is 0.860 bits per heavy atom. The van der Waals surface area contributed by atoms with Gasteiger partial charge >= 0.3 is 0 Å². The van der Waals surface area contributed by atoms with Crippen molar-refractivity contribution < 1.29 is 0 Å². The van der Waals surface area contributed by atoms with Crippen LogP contribution >= 0.6 is 0 Å². The van der Waals surface area contributed by atoms with Crippen LogP contribution in [0.15, 0.2) is 206 Å². The van der Waals surface area contributed by atoms with Crippen LogP contribution in [0.25, 0.3) is 60.9 Å². The van der Waals surface area contributed by atoms with Crippen molar-refractivity contribution in [3.05, 3.63) is 206 Å². The third-order valence-corrected chi connectivity index (χ3v) is 9.59. The maximum Gasteiger partial charge on any atom is 0.0547 e. The van der Waals surface area contributed by atoms with E-state index in [0.29, 0.717) is 0 Å². The molecule has 2 heteroatoms. The van der Waals surface area contributed by atoms with Gasteiger partial charge in [-0.3, -0.25) is 0 Å². The first-order chi connectivity index (χ1) is 24.8. The van der Waals surface area contributed by atoms with Crippen LogP contribution in [0.5, 0.6) is 0 Å². The second-order valence-electron chi connectivity index (χ2n) is 12.6. The number of hydrogen-bond acceptors (Lipinski definition) is 1. The van der Waals surface area contributed by atoms with Gasteiger partial charge in [0.15, 0.2) is 0 Å². The fraction of sp³-hybridized carbons (Fsp3) is 0. The summed E-state index contributed by atoms with van der Waals surface area (Å²) in [7, 11) is 0. The fourth-order valence-electron chi connectivity index (χ4n) is 7.30. The first-order valence-electron chi connectivity index (χ1n) is 17.1. The Morgan fingerprint density at radius 3 is 1.54 bits per heavy atom. The topological polar surface area (TPSA) is 8.17 Å². The van der Waals surface area contributed by atoms with Crippen molar-refractivity contribution in [3.63, 3.8) is 0 Å².